The molecule has 0 bridgehead atoms. The van der Waals surface area contributed by atoms with Crippen LogP contribution in [0.2, 0.25) is 0 Å². The lowest BCUT2D eigenvalue weighted by Gasteiger charge is -2.61. The summed E-state index contributed by atoms with van der Waals surface area (Å²) >= 11 is 0. The molecule has 0 heterocycles. The molecule has 0 aliphatic heterocycles. The van der Waals surface area contributed by atoms with Crippen LogP contribution < -0.4 is 0 Å². The molecule has 0 saturated heterocycles. The minimum Gasteiger partial charge on any atom is -0.473 e. The van der Waals surface area contributed by atoms with Crippen LogP contribution in [-0.2, 0) is 4.18 Å². The first-order valence-corrected chi connectivity index (χ1v) is 7.07. The monoisotopic (exact) mass is 198 g/mol. The summed E-state index contributed by atoms with van der Waals surface area (Å²) in [5.74, 6) is 0. The Morgan fingerprint density at radius 2 is 1.42 bits per heavy atom. The molecule has 0 aliphatic carbocycles. The second-order valence-electron chi connectivity index (χ2n) is 4.63. The highest BCUT2D eigenvalue weighted by molar-refractivity contribution is 8.69. The van der Waals surface area contributed by atoms with Crippen molar-refractivity contribution in [2.45, 2.75) is 0 Å². The topological polar surface area (TPSA) is 83.8 Å². The Labute approximate surface area is 69.8 Å². The minimum absolute atomic E-state index is 1.22. The Hall–Kier alpha value is -0.910. The smallest absolute Gasteiger partial charge is 0.473 e. The lowest BCUT2D eigenvalue weighted by molar-refractivity contribution is 0.146. The lowest BCUT2D eigenvalue weighted by Crippen LogP contribution is -2.42. The molecule has 0 radical (unpaired) electrons. The van der Waals surface area contributed by atoms with Crippen molar-refractivity contribution in [1.29, 1.82) is 0 Å². The first-order valence-electron chi connectivity index (χ1n) is 3.06. The highest BCUT2D eigenvalue weighted by Gasteiger charge is 2.53. The van der Waals surface area contributed by atoms with E-state index in [0.717, 1.165) is 0 Å². The fourth-order valence-corrected chi connectivity index (χ4v) is 1.07. The highest BCUT2D eigenvalue weighted by atomic mass is 32.4. The van der Waals surface area contributed by atoms with E-state index in [1.54, 1.807) is 0 Å². The molecule has 0 amide bonds. The van der Waals surface area contributed by atoms with Gasteiger partial charge >= 0.3 is 11.5 Å². The average Bonchev–Trinajstić information content (AvgIpc) is 1.54. The Kier molecular flexibility index (Phi) is 1.73. The van der Waals surface area contributed by atoms with Gasteiger partial charge in [-0.3, -0.25) is 0 Å². The van der Waals surface area contributed by atoms with Gasteiger partial charge < -0.3 is 14.4 Å². The average molecular weight is 198 g/mol. The van der Waals surface area contributed by atoms with Crippen molar-refractivity contribution in [1.82, 2.24) is 0 Å². The highest BCUT2D eigenvalue weighted by Crippen LogP contribution is 2.79. The summed E-state index contributed by atoms with van der Waals surface area (Å²) in [7, 11) is -3.93. The molecule has 0 unspecified atom stereocenters. The fraction of sp³-hybridized carbons (Fsp3) is 0.667. The predicted molar refractivity (Wildman–Crippen MR) is 48.4 cm³/mol. The second-order valence-corrected chi connectivity index (χ2v) is 13.2. The zero-order valence-electron chi connectivity index (χ0n) is 7.53. The third-order valence-electron chi connectivity index (χ3n) is 1.22. The molecule has 6 heteroatoms. The maximum Gasteiger partial charge on any atom is 0.515 e. The van der Waals surface area contributed by atoms with Crippen molar-refractivity contribution in [3.8, 4) is 0 Å². The summed E-state index contributed by atoms with van der Waals surface area (Å²) in [6.45, 7) is 0. The van der Waals surface area contributed by atoms with E-state index in [1.165, 1.54) is 25.0 Å². The number of carboxylic acid groups (broad SMARTS) is 2. The van der Waals surface area contributed by atoms with E-state index < -0.39 is 20.0 Å². The van der Waals surface area contributed by atoms with Crippen LogP contribution in [0.3, 0.4) is 0 Å². The number of hydrogen-bond acceptors (Lipinski definition) is 3. The third kappa shape index (κ3) is 2.30. The first kappa shape index (κ1) is 11.1. The molecular formula is C6H14O5S. The van der Waals surface area contributed by atoms with Crippen molar-refractivity contribution in [3.63, 3.8) is 0 Å². The van der Waals surface area contributed by atoms with Gasteiger partial charge in [0.25, 0.3) is 0 Å². The van der Waals surface area contributed by atoms with Crippen LogP contribution >= 0.6 is 8.58 Å². The van der Waals surface area contributed by atoms with Crippen LogP contribution in [0, 0.1) is 0 Å². The van der Waals surface area contributed by atoms with E-state index in [1.807, 2.05) is 0 Å². The van der Waals surface area contributed by atoms with Gasteiger partial charge in [-0.2, -0.15) is 0 Å². The molecular weight excluding hydrogens is 184 g/mol. The third-order valence-corrected chi connectivity index (χ3v) is 3.65. The molecule has 5 nitrogen and oxygen atoms in total. The normalized spacial score (nSPS) is 17.3. The molecule has 0 saturated carbocycles. The summed E-state index contributed by atoms with van der Waals surface area (Å²) in [5.41, 5.74) is 0. The predicted octanol–water partition coefficient (Wildman–Crippen LogP) is 1.67. The van der Waals surface area contributed by atoms with Gasteiger partial charge in [-0.15, -0.1) is 0 Å². The van der Waals surface area contributed by atoms with Crippen molar-refractivity contribution in [3.05, 3.63) is 0 Å². The van der Waals surface area contributed by atoms with Crippen molar-refractivity contribution >= 4 is 20.0 Å². The number of rotatable bonds is 0. The van der Waals surface area contributed by atoms with Crippen LogP contribution in [0.15, 0.2) is 0 Å². The van der Waals surface area contributed by atoms with Crippen molar-refractivity contribution in [2.24, 2.45) is 0 Å². The van der Waals surface area contributed by atoms with Crippen LogP contribution in [0.5, 0.6) is 0 Å². The molecule has 0 atom stereocenters. The van der Waals surface area contributed by atoms with Gasteiger partial charge in [0.2, 0.25) is 0 Å². The molecule has 0 spiro atoms. The summed E-state index contributed by atoms with van der Waals surface area (Å²) < 4.78 is 4.51. The standard InChI is InChI=1S/C6H14O5S/c1-12(2,3,4,6(9)10)11-5(7)8/h1-4H3,(H,7,8)(H,9,10). The number of hydrogen-bond donors (Lipinski definition) is 2. The van der Waals surface area contributed by atoms with E-state index in [4.69, 9.17) is 10.2 Å². The SMILES string of the molecule is CS(C)(C)(C)(OC(=O)O)C(=O)O. The second kappa shape index (κ2) is 1.87. The molecule has 0 aromatic carbocycles. The largest absolute Gasteiger partial charge is 0.515 e. The number of carbonyl (C=O) groups is 2. The molecule has 0 aromatic heterocycles. The van der Waals surface area contributed by atoms with E-state index >= 15 is 0 Å². The van der Waals surface area contributed by atoms with Gasteiger partial charge in [0, 0.05) is 0 Å². The molecule has 0 aromatic rings. The first-order chi connectivity index (χ1) is 4.88. The zero-order chi connectivity index (χ0) is 10.3. The van der Waals surface area contributed by atoms with Gasteiger partial charge in [0.05, 0.1) is 0 Å². The fourth-order valence-electron chi connectivity index (χ4n) is 0.356. The van der Waals surface area contributed by atoms with Crippen LogP contribution in [0.4, 0.5) is 9.59 Å². The van der Waals surface area contributed by atoms with Gasteiger partial charge in [0.1, 0.15) is 0 Å². The van der Waals surface area contributed by atoms with Crippen LogP contribution in [0.1, 0.15) is 0 Å². The Morgan fingerprint density at radius 3 is 1.50 bits per heavy atom. The van der Waals surface area contributed by atoms with Gasteiger partial charge in [0.15, 0.2) is 0 Å². The van der Waals surface area contributed by atoms with Crippen LogP contribution in [0.25, 0.3) is 0 Å². The summed E-state index contributed by atoms with van der Waals surface area (Å²) in [4.78, 5) is 21.1. The Morgan fingerprint density at radius 1 is 1.08 bits per heavy atom. The van der Waals surface area contributed by atoms with Crippen molar-refractivity contribution < 1.29 is 24.0 Å². The Bertz CT molecular complexity index is 246. The van der Waals surface area contributed by atoms with E-state index in [0.29, 0.717) is 0 Å². The zero-order valence-corrected chi connectivity index (χ0v) is 8.34. The molecule has 0 aliphatic rings. The summed E-state index contributed by atoms with van der Waals surface area (Å²) in [6, 6.07) is 0. The molecule has 0 rings (SSSR count). The van der Waals surface area contributed by atoms with Crippen molar-refractivity contribution in [2.75, 3.05) is 25.0 Å². The summed E-state index contributed by atoms with van der Waals surface area (Å²) in [5, 5.41) is 16.0. The van der Waals surface area contributed by atoms with Gasteiger partial charge in [-0.1, -0.05) is 8.58 Å². The molecule has 0 fully saturated rings. The maximum atomic E-state index is 10.9. The van der Waals surface area contributed by atoms with E-state index in [-0.39, 0.29) is 0 Å². The quantitative estimate of drug-likeness (QED) is 0.618. The van der Waals surface area contributed by atoms with Crippen LogP contribution in [-0.4, -0.2) is 46.7 Å². The van der Waals surface area contributed by atoms with Gasteiger partial charge in [-0.05, 0) is 25.0 Å². The summed E-state index contributed by atoms with van der Waals surface area (Å²) in [6.07, 6.45) is 3.70. The maximum absolute atomic E-state index is 10.9. The molecule has 12 heavy (non-hydrogen) atoms. The lowest BCUT2D eigenvalue weighted by atomic mass is 11.5. The molecule has 74 valence electrons. The van der Waals surface area contributed by atoms with E-state index in [9.17, 15) is 9.59 Å². The minimum atomic E-state index is -3.93. The van der Waals surface area contributed by atoms with E-state index in [2.05, 4.69) is 4.18 Å². The molecule has 2 N–H and O–H groups in total. The van der Waals surface area contributed by atoms with Gasteiger partial charge in [-0.25, -0.2) is 9.59 Å². The Balaban J connectivity index is 5.21.